The molecule has 6 rings (SSSR count). The minimum atomic E-state index is -1.24. The van der Waals surface area contributed by atoms with Crippen molar-refractivity contribution < 1.29 is 23.8 Å². The van der Waals surface area contributed by atoms with Crippen LogP contribution in [-0.2, 0) is 21.9 Å². The third-order valence-electron chi connectivity index (χ3n) is 7.23. The molecule has 1 amide bonds. The standard InChI is InChI=1S/C34H26FN3O4S2/c1-21-9-5-6-12-24(21)19-42-25-17-15-23(16-18-25)30(39)28-29(26-13-7-8-14-27(26)35)38(32(41)31(28)40)33-36-37-34(44-33)43-20-22-10-3-2-4-11-22/h2-18,29,39H,19-20H2,1H3/b30-28+. The number of benzene rings is 4. The molecule has 0 radical (unpaired) electrons. The second kappa shape index (κ2) is 12.8. The lowest BCUT2D eigenvalue weighted by atomic mass is 9.95. The second-order valence-corrected chi connectivity index (χ2v) is 12.2. The molecule has 1 saturated heterocycles. The third kappa shape index (κ3) is 5.99. The molecule has 1 aromatic heterocycles. The Bertz CT molecular complexity index is 1860. The number of hydrogen-bond donors (Lipinski definition) is 1. The van der Waals surface area contributed by atoms with E-state index in [0.29, 0.717) is 22.4 Å². The summed E-state index contributed by atoms with van der Waals surface area (Å²) in [5.41, 5.74) is 3.35. The van der Waals surface area contributed by atoms with Crippen molar-refractivity contribution in [2.45, 2.75) is 29.7 Å². The summed E-state index contributed by atoms with van der Waals surface area (Å²) < 4.78 is 21.7. The summed E-state index contributed by atoms with van der Waals surface area (Å²) in [4.78, 5) is 28.0. The highest BCUT2D eigenvalue weighted by molar-refractivity contribution is 8.00. The summed E-state index contributed by atoms with van der Waals surface area (Å²) in [5, 5.41) is 20.0. The Morgan fingerprint density at radius 2 is 1.64 bits per heavy atom. The molecule has 2 heterocycles. The first kappa shape index (κ1) is 29.3. The number of aliphatic hydroxyl groups is 1. The van der Waals surface area contributed by atoms with Crippen molar-refractivity contribution in [1.82, 2.24) is 10.2 Å². The van der Waals surface area contributed by atoms with Gasteiger partial charge in [-0.25, -0.2) is 4.39 Å². The molecule has 1 N–H and O–H groups in total. The molecule has 10 heteroatoms. The quantitative estimate of drug-likeness (QED) is 0.0598. The molecule has 1 fully saturated rings. The maximum absolute atomic E-state index is 15.2. The van der Waals surface area contributed by atoms with Gasteiger partial charge in [0.25, 0.3) is 5.78 Å². The highest BCUT2D eigenvalue weighted by Gasteiger charge is 2.49. The highest BCUT2D eigenvalue weighted by Crippen LogP contribution is 2.44. The van der Waals surface area contributed by atoms with Crippen LogP contribution in [0.15, 0.2) is 113 Å². The molecule has 1 aliphatic rings. The fourth-order valence-corrected chi connectivity index (χ4v) is 6.72. The Labute approximate surface area is 261 Å². The summed E-state index contributed by atoms with van der Waals surface area (Å²) in [5.74, 6) is -1.72. The van der Waals surface area contributed by atoms with Crippen LogP contribution < -0.4 is 9.64 Å². The van der Waals surface area contributed by atoms with Gasteiger partial charge >= 0.3 is 5.91 Å². The van der Waals surface area contributed by atoms with E-state index in [0.717, 1.165) is 32.9 Å². The van der Waals surface area contributed by atoms with E-state index < -0.39 is 29.3 Å². The summed E-state index contributed by atoms with van der Waals surface area (Å²) in [6, 6.07) is 28.9. The molecule has 0 bridgehead atoms. The molecular weight excluding hydrogens is 598 g/mol. The number of carbonyl (C=O) groups is 2. The molecule has 1 aliphatic heterocycles. The molecule has 7 nitrogen and oxygen atoms in total. The van der Waals surface area contributed by atoms with Gasteiger partial charge in [0, 0.05) is 16.9 Å². The zero-order valence-corrected chi connectivity index (χ0v) is 25.1. The number of aliphatic hydroxyl groups excluding tert-OH is 1. The molecule has 0 saturated carbocycles. The summed E-state index contributed by atoms with van der Waals surface area (Å²) in [7, 11) is 0. The zero-order chi connectivity index (χ0) is 30.6. The van der Waals surface area contributed by atoms with Crippen molar-refractivity contribution in [3.8, 4) is 5.75 Å². The smallest absolute Gasteiger partial charge is 0.301 e. The van der Waals surface area contributed by atoms with Crippen molar-refractivity contribution in [3.05, 3.63) is 142 Å². The van der Waals surface area contributed by atoms with Crippen LogP contribution in [0.2, 0.25) is 0 Å². The number of rotatable bonds is 9. The van der Waals surface area contributed by atoms with E-state index in [-0.39, 0.29) is 21.8 Å². The van der Waals surface area contributed by atoms with E-state index in [9.17, 15) is 14.7 Å². The lowest BCUT2D eigenvalue weighted by molar-refractivity contribution is -0.132. The van der Waals surface area contributed by atoms with Crippen molar-refractivity contribution in [3.63, 3.8) is 0 Å². The summed E-state index contributed by atoms with van der Waals surface area (Å²) in [6.45, 7) is 2.37. The Morgan fingerprint density at radius 1 is 0.932 bits per heavy atom. The minimum absolute atomic E-state index is 0.0557. The molecule has 1 unspecified atom stereocenters. The first-order valence-corrected chi connectivity index (χ1v) is 15.5. The van der Waals surface area contributed by atoms with Crippen molar-refractivity contribution >= 4 is 45.7 Å². The Kier molecular flexibility index (Phi) is 8.53. The topological polar surface area (TPSA) is 92.6 Å². The van der Waals surface area contributed by atoms with Gasteiger partial charge in [-0.1, -0.05) is 95.9 Å². The van der Waals surface area contributed by atoms with Crippen molar-refractivity contribution in [1.29, 1.82) is 0 Å². The van der Waals surface area contributed by atoms with Gasteiger partial charge in [0.1, 0.15) is 30.0 Å². The Morgan fingerprint density at radius 3 is 2.39 bits per heavy atom. The van der Waals surface area contributed by atoms with Gasteiger partial charge in [-0.15, -0.1) is 10.2 Å². The number of Topliss-reactive ketones (excluding diaryl/α,β-unsaturated/α-hetero) is 1. The zero-order valence-electron chi connectivity index (χ0n) is 23.5. The van der Waals surface area contributed by atoms with Crippen LogP contribution in [0.4, 0.5) is 9.52 Å². The SMILES string of the molecule is Cc1ccccc1COc1ccc(/C(O)=C2\C(=O)C(=O)N(c3nnc(SCc4ccccc4)s3)C2c2ccccc2F)cc1. The first-order chi connectivity index (χ1) is 21.4. The number of aryl methyl sites for hydroxylation is 1. The molecule has 1 atom stereocenters. The van der Waals surface area contributed by atoms with E-state index >= 15 is 4.39 Å². The van der Waals surface area contributed by atoms with Gasteiger partial charge < -0.3 is 9.84 Å². The van der Waals surface area contributed by atoms with Crippen LogP contribution in [0, 0.1) is 12.7 Å². The number of carbonyl (C=O) groups excluding carboxylic acids is 2. The van der Waals surface area contributed by atoms with Crippen LogP contribution in [-0.4, -0.2) is 27.0 Å². The van der Waals surface area contributed by atoms with Gasteiger partial charge in [0.2, 0.25) is 5.13 Å². The molecular formula is C34H26FN3O4S2. The monoisotopic (exact) mass is 623 g/mol. The number of thioether (sulfide) groups is 1. The fourth-order valence-electron chi connectivity index (χ4n) is 4.90. The van der Waals surface area contributed by atoms with Crippen LogP contribution in [0.25, 0.3) is 5.76 Å². The molecule has 0 aliphatic carbocycles. The molecule has 4 aromatic carbocycles. The number of ketones is 1. The highest BCUT2D eigenvalue weighted by atomic mass is 32.2. The van der Waals surface area contributed by atoms with Crippen LogP contribution in [0.1, 0.15) is 33.9 Å². The number of nitrogens with zero attached hydrogens (tertiary/aromatic N) is 3. The Balaban J connectivity index is 1.31. The third-order valence-corrected chi connectivity index (χ3v) is 9.36. The fraction of sp³-hybridized carbons (Fsp3) is 0.118. The van der Waals surface area contributed by atoms with Gasteiger partial charge in [-0.05, 0) is 53.9 Å². The average molecular weight is 624 g/mol. The predicted octanol–water partition coefficient (Wildman–Crippen LogP) is 7.48. The van der Waals surface area contributed by atoms with E-state index in [1.807, 2.05) is 61.5 Å². The number of anilines is 1. The van der Waals surface area contributed by atoms with Gasteiger partial charge in [0.05, 0.1) is 5.57 Å². The van der Waals surface area contributed by atoms with Crippen molar-refractivity contribution in [2.75, 3.05) is 4.90 Å². The molecule has 0 spiro atoms. The molecule has 5 aromatic rings. The van der Waals surface area contributed by atoms with E-state index in [1.165, 1.54) is 30.0 Å². The second-order valence-electron chi connectivity index (χ2n) is 10.1. The van der Waals surface area contributed by atoms with Gasteiger partial charge in [-0.2, -0.15) is 0 Å². The van der Waals surface area contributed by atoms with E-state index in [1.54, 1.807) is 30.3 Å². The number of halogens is 1. The largest absolute Gasteiger partial charge is 0.507 e. The van der Waals surface area contributed by atoms with Crippen LogP contribution in [0.5, 0.6) is 5.75 Å². The lowest BCUT2D eigenvalue weighted by Crippen LogP contribution is -2.29. The average Bonchev–Trinajstić information content (AvgIpc) is 3.62. The van der Waals surface area contributed by atoms with Crippen LogP contribution in [0.3, 0.4) is 0 Å². The predicted molar refractivity (Wildman–Crippen MR) is 169 cm³/mol. The maximum atomic E-state index is 15.2. The van der Waals surface area contributed by atoms with E-state index in [4.69, 9.17) is 4.74 Å². The molecule has 220 valence electrons. The number of ether oxygens (including phenoxy) is 1. The van der Waals surface area contributed by atoms with Crippen molar-refractivity contribution in [2.24, 2.45) is 0 Å². The normalized spacial score (nSPS) is 16.0. The minimum Gasteiger partial charge on any atom is -0.507 e. The lowest BCUT2D eigenvalue weighted by Gasteiger charge is -2.22. The number of aromatic nitrogens is 2. The molecule has 44 heavy (non-hydrogen) atoms. The first-order valence-electron chi connectivity index (χ1n) is 13.7. The van der Waals surface area contributed by atoms with E-state index in [2.05, 4.69) is 10.2 Å². The van der Waals surface area contributed by atoms with Gasteiger partial charge in [-0.3, -0.25) is 14.5 Å². The number of hydrogen-bond acceptors (Lipinski definition) is 8. The number of amides is 1. The van der Waals surface area contributed by atoms with Crippen LogP contribution >= 0.6 is 23.1 Å². The van der Waals surface area contributed by atoms with Gasteiger partial charge in [0.15, 0.2) is 4.34 Å². The maximum Gasteiger partial charge on any atom is 0.301 e. The summed E-state index contributed by atoms with van der Waals surface area (Å²) >= 11 is 2.56. The Hall–Kier alpha value is -4.80. The summed E-state index contributed by atoms with van der Waals surface area (Å²) in [6.07, 6.45) is 0.